The SMILES string of the molecule is O=C(NCc1ccccc1O)c1csc(I)c1. The highest BCUT2D eigenvalue weighted by molar-refractivity contribution is 14.1. The number of aromatic hydroxyl groups is 1. The number of amides is 1. The van der Waals surface area contributed by atoms with E-state index in [1.165, 1.54) is 11.3 Å². The lowest BCUT2D eigenvalue weighted by atomic mass is 10.2. The van der Waals surface area contributed by atoms with Crippen LogP contribution >= 0.6 is 33.9 Å². The van der Waals surface area contributed by atoms with Crippen LogP contribution in [-0.2, 0) is 6.54 Å². The molecule has 0 aliphatic heterocycles. The molecule has 0 bridgehead atoms. The highest BCUT2D eigenvalue weighted by Crippen LogP contribution is 2.18. The summed E-state index contributed by atoms with van der Waals surface area (Å²) in [5.74, 6) is 0.0834. The van der Waals surface area contributed by atoms with E-state index in [0.717, 1.165) is 2.88 Å². The predicted molar refractivity (Wildman–Crippen MR) is 76.3 cm³/mol. The first kappa shape index (κ1) is 12.4. The molecule has 5 heteroatoms. The Morgan fingerprint density at radius 3 is 2.82 bits per heavy atom. The average Bonchev–Trinajstić information content (AvgIpc) is 2.74. The van der Waals surface area contributed by atoms with Crippen molar-refractivity contribution in [1.29, 1.82) is 0 Å². The number of rotatable bonds is 3. The molecule has 0 saturated heterocycles. The maximum Gasteiger partial charge on any atom is 0.252 e. The van der Waals surface area contributed by atoms with Crippen LogP contribution in [0.2, 0.25) is 0 Å². The molecule has 2 aromatic rings. The van der Waals surface area contributed by atoms with Crippen molar-refractivity contribution in [2.75, 3.05) is 0 Å². The highest BCUT2D eigenvalue weighted by atomic mass is 127. The van der Waals surface area contributed by atoms with Gasteiger partial charge in [-0.1, -0.05) is 18.2 Å². The minimum absolute atomic E-state index is 0.118. The molecule has 0 fully saturated rings. The fraction of sp³-hybridized carbons (Fsp3) is 0.0833. The van der Waals surface area contributed by atoms with Crippen molar-refractivity contribution in [3.8, 4) is 5.75 Å². The van der Waals surface area contributed by atoms with E-state index in [1.54, 1.807) is 18.2 Å². The summed E-state index contributed by atoms with van der Waals surface area (Å²) in [6.07, 6.45) is 0. The molecule has 88 valence electrons. The van der Waals surface area contributed by atoms with Gasteiger partial charge in [0, 0.05) is 17.5 Å². The lowest BCUT2D eigenvalue weighted by Gasteiger charge is -2.05. The summed E-state index contributed by atoms with van der Waals surface area (Å²) >= 11 is 3.71. The smallest absolute Gasteiger partial charge is 0.252 e. The van der Waals surface area contributed by atoms with Gasteiger partial charge in [0.05, 0.1) is 8.45 Å². The topological polar surface area (TPSA) is 49.3 Å². The second-order valence-corrected chi connectivity index (χ2v) is 6.26. The van der Waals surface area contributed by atoms with Crippen LogP contribution in [-0.4, -0.2) is 11.0 Å². The number of phenolic OH excluding ortho intramolecular Hbond substituents is 1. The summed E-state index contributed by atoms with van der Waals surface area (Å²) in [4.78, 5) is 11.8. The summed E-state index contributed by atoms with van der Waals surface area (Å²) in [5.41, 5.74) is 1.38. The lowest BCUT2D eigenvalue weighted by molar-refractivity contribution is 0.0951. The summed E-state index contributed by atoms with van der Waals surface area (Å²) in [5, 5.41) is 14.1. The van der Waals surface area contributed by atoms with Gasteiger partial charge in [-0.05, 0) is 34.7 Å². The number of hydrogen-bond donors (Lipinski definition) is 2. The zero-order chi connectivity index (χ0) is 12.3. The van der Waals surface area contributed by atoms with Crippen molar-refractivity contribution < 1.29 is 9.90 Å². The Kier molecular flexibility index (Phi) is 4.01. The molecule has 1 aromatic carbocycles. The molecule has 0 radical (unpaired) electrons. The van der Waals surface area contributed by atoms with Gasteiger partial charge in [0.1, 0.15) is 5.75 Å². The van der Waals surface area contributed by atoms with E-state index < -0.39 is 0 Å². The summed E-state index contributed by atoms with van der Waals surface area (Å²) in [6, 6.07) is 8.81. The number of benzene rings is 1. The van der Waals surface area contributed by atoms with Gasteiger partial charge < -0.3 is 10.4 Å². The van der Waals surface area contributed by atoms with Crippen molar-refractivity contribution in [3.05, 3.63) is 49.7 Å². The van der Waals surface area contributed by atoms with Crippen LogP contribution < -0.4 is 5.32 Å². The number of halogens is 1. The quantitative estimate of drug-likeness (QED) is 0.828. The van der Waals surface area contributed by atoms with E-state index >= 15 is 0 Å². The van der Waals surface area contributed by atoms with Crippen LogP contribution in [0.15, 0.2) is 35.7 Å². The molecule has 0 spiro atoms. The second kappa shape index (κ2) is 5.50. The van der Waals surface area contributed by atoms with Gasteiger partial charge in [-0.2, -0.15) is 0 Å². The first-order chi connectivity index (χ1) is 8.16. The maximum atomic E-state index is 11.8. The van der Waals surface area contributed by atoms with Crippen LogP contribution in [0.3, 0.4) is 0 Å². The lowest BCUT2D eigenvalue weighted by Crippen LogP contribution is -2.22. The van der Waals surface area contributed by atoms with Crippen LogP contribution in [0.4, 0.5) is 0 Å². The molecular formula is C12H10INO2S. The summed E-state index contributed by atoms with van der Waals surface area (Å²) in [6.45, 7) is 0.331. The molecule has 1 aromatic heterocycles. The number of hydrogen-bond acceptors (Lipinski definition) is 3. The average molecular weight is 359 g/mol. The Labute approximate surface area is 117 Å². The molecule has 1 heterocycles. The van der Waals surface area contributed by atoms with Gasteiger partial charge >= 0.3 is 0 Å². The third-order valence-electron chi connectivity index (χ3n) is 2.26. The zero-order valence-corrected chi connectivity index (χ0v) is 11.8. The van der Waals surface area contributed by atoms with Crippen molar-refractivity contribution in [2.24, 2.45) is 0 Å². The van der Waals surface area contributed by atoms with E-state index in [-0.39, 0.29) is 11.7 Å². The molecule has 0 aliphatic rings. The van der Waals surface area contributed by atoms with Gasteiger partial charge in [-0.15, -0.1) is 11.3 Å². The van der Waals surface area contributed by atoms with Crippen LogP contribution in [0, 0.1) is 2.88 Å². The van der Waals surface area contributed by atoms with Crippen LogP contribution in [0.1, 0.15) is 15.9 Å². The Morgan fingerprint density at radius 2 is 2.18 bits per heavy atom. The van der Waals surface area contributed by atoms with Crippen LogP contribution in [0.25, 0.3) is 0 Å². The van der Waals surface area contributed by atoms with E-state index in [1.807, 2.05) is 17.5 Å². The van der Waals surface area contributed by atoms with Gasteiger partial charge in [0.15, 0.2) is 0 Å². The molecular weight excluding hydrogens is 349 g/mol. The van der Waals surface area contributed by atoms with Gasteiger partial charge in [-0.25, -0.2) is 0 Å². The number of nitrogens with one attached hydrogen (secondary N) is 1. The Bertz CT molecular complexity index is 539. The van der Waals surface area contributed by atoms with E-state index in [4.69, 9.17) is 0 Å². The molecule has 3 nitrogen and oxygen atoms in total. The summed E-state index contributed by atoms with van der Waals surface area (Å²) in [7, 11) is 0. The number of thiophene rings is 1. The first-order valence-electron chi connectivity index (χ1n) is 4.96. The minimum atomic E-state index is -0.118. The van der Waals surface area contributed by atoms with Crippen molar-refractivity contribution >= 4 is 39.8 Å². The molecule has 17 heavy (non-hydrogen) atoms. The van der Waals surface area contributed by atoms with Gasteiger partial charge in [0.25, 0.3) is 5.91 Å². The molecule has 0 unspecified atom stereocenters. The molecule has 0 saturated carbocycles. The van der Waals surface area contributed by atoms with Crippen LogP contribution in [0.5, 0.6) is 5.75 Å². The number of para-hydroxylation sites is 1. The second-order valence-electron chi connectivity index (χ2n) is 3.45. The third kappa shape index (κ3) is 3.19. The van der Waals surface area contributed by atoms with Crippen molar-refractivity contribution in [3.63, 3.8) is 0 Å². The Hall–Kier alpha value is -1.08. The first-order valence-corrected chi connectivity index (χ1v) is 6.92. The van der Waals surface area contributed by atoms with Crippen molar-refractivity contribution in [2.45, 2.75) is 6.54 Å². The molecule has 2 N–H and O–H groups in total. The fourth-order valence-corrected chi connectivity index (χ4v) is 2.69. The molecule has 2 rings (SSSR count). The number of phenols is 1. The van der Waals surface area contributed by atoms with E-state index in [9.17, 15) is 9.90 Å². The fourth-order valence-electron chi connectivity index (χ4n) is 1.37. The molecule has 0 aliphatic carbocycles. The maximum absolute atomic E-state index is 11.8. The van der Waals surface area contributed by atoms with Gasteiger partial charge in [-0.3, -0.25) is 4.79 Å². The molecule has 1 amide bonds. The van der Waals surface area contributed by atoms with Gasteiger partial charge in [0.2, 0.25) is 0 Å². The van der Waals surface area contributed by atoms with Crippen molar-refractivity contribution in [1.82, 2.24) is 5.32 Å². The Balaban J connectivity index is 1.99. The number of carbonyl (C=O) groups is 1. The predicted octanol–water partition coefficient (Wildman–Crippen LogP) is 2.99. The van der Waals surface area contributed by atoms with E-state index in [0.29, 0.717) is 17.7 Å². The number of carbonyl (C=O) groups excluding carboxylic acids is 1. The summed E-state index contributed by atoms with van der Waals surface area (Å²) < 4.78 is 1.08. The minimum Gasteiger partial charge on any atom is -0.508 e. The zero-order valence-electron chi connectivity index (χ0n) is 8.81. The molecule has 0 atom stereocenters. The Morgan fingerprint density at radius 1 is 1.41 bits per heavy atom. The normalized spacial score (nSPS) is 10.2. The van der Waals surface area contributed by atoms with E-state index in [2.05, 4.69) is 27.9 Å². The largest absolute Gasteiger partial charge is 0.508 e. The third-order valence-corrected chi connectivity index (χ3v) is 4.05. The standard InChI is InChI=1S/C12H10INO2S/c13-11-5-9(7-17-11)12(16)14-6-8-3-1-2-4-10(8)15/h1-5,7,15H,6H2,(H,14,16). The highest BCUT2D eigenvalue weighted by Gasteiger charge is 2.08. The monoisotopic (exact) mass is 359 g/mol.